The van der Waals surface area contributed by atoms with Crippen molar-refractivity contribution in [2.24, 2.45) is 5.92 Å². The number of aliphatic hydroxyl groups excluding tert-OH is 1. The Morgan fingerprint density at radius 3 is 2.45 bits per heavy atom. The van der Waals surface area contributed by atoms with Gasteiger partial charge in [-0.15, -0.1) is 0 Å². The molecule has 0 radical (unpaired) electrons. The molecule has 0 aromatic heterocycles. The second-order valence-electron chi connectivity index (χ2n) is 7.35. The smallest absolute Gasteiger partial charge is 0.404 e. The molecule has 0 aromatic rings. The van der Waals surface area contributed by atoms with Crippen molar-refractivity contribution in [2.45, 2.75) is 70.3 Å². The summed E-state index contributed by atoms with van der Waals surface area (Å²) in [6.07, 6.45) is 0.610. The van der Waals surface area contributed by atoms with Gasteiger partial charge in [0.2, 0.25) is 0 Å². The molecule has 5 nitrogen and oxygen atoms in total. The zero-order chi connectivity index (χ0) is 15.6. The number of hydrogen-bond acceptors (Lipinski definition) is 3. The van der Waals surface area contributed by atoms with E-state index in [9.17, 15) is 9.90 Å². The lowest BCUT2D eigenvalue weighted by Crippen LogP contribution is -2.49. The SMILES string of the molecule is CC(C)(C)[Si](C)(C)OC[C@@H]1C[C@H](O)CC[C@@H]1NC(=O)O. The Morgan fingerprint density at radius 1 is 1.35 bits per heavy atom. The van der Waals surface area contributed by atoms with Gasteiger partial charge in [-0.2, -0.15) is 0 Å². The first kappa shape index (κ1) is 17.5. The Hall–Kier alpha value is -0.593. The van der Waals surface area contributed by atoms with Crippen LogP contribution in [-0.2, 0) is 4.43 Å². The first-order valence-electron chi connectivity index (χ1n) is 7.34. The average molecular weight is 303 g/mol. The van der Waals surface area contributed by atoms with Crippen LogP contribution in [0.2, 0.25) is 18.1 Å². The van der Waals surface area contributed by atoms with Gasteiger partial charge in [-0.1, -0.05) is 20.8 Å². The highest BCUT2D eigenvalue weighted by Gasteiger charge is 2.39. The maximum atomic E-state index is 10.8. The van der Waals surface area contributed by atoms with E-state index in [4.69, 9.17) is 9.53 Å². The van der Waals surface area contributed by atoms with E-state index >= 15 is 0 Å². The minimum absolute atomic E-state index is 0.0592. The van der Waals surface area contributed by atoms with Crippen molar-refractivity contribution in [1.29, 1.82) is 0 Å². The van der Waals surface area contributed by atoms with E-state index in [0.717, 1.165) is 0 Å². The zero-order valence-electron chi connectivity index (χ0n) is 13.3. The molecule has 1 amide bonds. The molecular formula is C14H29NO4Si. The van der Waals surface area contributed by atoms with Gasteiger partial charge in [0, 0.05) is 18.6 Å². The maximum absolute atomic E-state index is 10.8. The molecular weight excluding hydrogens is 274 g/mol. The summed E-state index contributed by atoms with van der Waals surface area (Å²) in [6.45, 7) is 11.4. The van der Waals surface area contributed by atoms with Crippen molar-refractivity contribution >= 4 is 14.4 Å². The Kier molecular flexibility index (Phi) is 5.63. The topological polar surface area (TPSA) is 78.8 Å². The fraction of sp³-hybridized carbons (Fsp3) is 0.929. The third-order valence-corrected chi connectivity index (χ3v) is 9.23. The van der Waals surface area contributed by atoms with Gasteiger partial charge in [0.15, 0.2) is 8.32 Å². The van der Waals surface area contributed by atoms with Crippen molar-refractivity contribution < 1.29 is 19.4 Å². The number of aliphatic hydroxyl groups is 1. The molecule has 0 heterocycles. The van der Waals surface area contributed by atoms with Gasteiger partial charge in [-0.05, 0) is 37.4 Å². The van der Waals surface area contributed by atoms with Crippen LogP contribution in [0, 0.1) is 5.92 Å². The van der Waals surface area contributed by atoms with Gasteiger partial charge < -0.3 is 20.0 Å². The summed E-state index contributed by atoms with van der Waals surface area (Å²) in [5, 5.41) is 21.4. The standard InChI is InChI=1S/C14H29NO4Si/c1-14(2,3)20(4,5)19-9-10-8-11(16)6-7-12(10)15-13(17)18/h10-12,15-16H,6-9H2,1-5H3,(H,17,18)/t10-,11+,12-/m0/s1. The molecule has 20 heavy (non-hydrogen) atoms. The van der Waals surface area contributed by atoms with Crippen molar-refractivity contribution in [3.63, 3.8) is 0 Å². The van der Waals surface area contributed by atoms with E-state index < -0.39 is 14.4 Å². The molecule has 3 N–H and O–H groups in total. The molecule has 0 spiro atoms. The number of carbonyl (C=O) groups is 1. The summed E-state index contributed by atoms with van der Waals surface area (Å²) in [5.74, 6) is 0.0592. The summed E-state index contributed by atoms with van der Waals surface area (Å²) in [7, 11) is -1.84. The fourth-order valence-electron chi connectivity index (χ4n) is 2.30. The first-order valence-corrected chi connectivity index (χ1v) is 10.3. The lowest BCUT2D eigenvalue weighted by molar-refractivity contribution is 0.0566. The van der Waals surface area contributed by atoms with E-state index in [0.29, 0.717) is 25.9 Å². The average Bonchev–Trinajstić information content (AvgIpc) is 2.27. The summed E-state index contributed by atoms with van der Waals surface area (Å²) >= 11 is 0. The summed E-state index contributed by atoms with van der Waals surface area (Å²) < 4.78 is 6.19. The molecule has 1 fully saturated rings. The highest BCUT2D eigenvalue weighted by Crippen LogP contribution is 2.37. The molecule has 6 heteroatoms. The van der Waals surface area contributed by atoms with Crippen molar-refractivity contribution in [2.75, 3.05) is 6.61 Å². The van der Waals surface area contributed by atoms with Crippen LogP contribution in [-0.4, -0.2) is 43.4 Å². The Labute approximate surface area is 122 Å². The van der Waals surface area contributed by atoms with E-state index in [1.165, 1.54) is 0 Å². The van der Waals surface area contributed by atoms with E-state index in [-0.39, 0.29) is 23.1 Å². The molecule has 0 aromatic carbocycles. The molecule has 1 aliphatic rings. The van der Waals surface area contributed by atoms with Crippen LogP contribution >= 0.6 is 0 Å². The van der Waals surface area contributed by atoms with Gasteiger partial charge in [-0.25, -0.2) is 4.79 Å². The number of rotatable bonds is 4. The lowest BCUT2D eigenvalue weighted by atomic mass is 9.83. The largest absolute Gasteiger partial charge is 0.465 e. The van der Waals surface area contributed by atoms with Gasteiger partial charge in [0.1, 0.15) is 0 Å². The highest BCUT2D eigenvalue weighted by atomic mass is 28.4. The van der Waals surface area contributed by atoms with E-state index in [2.05, 4.69) is 39.2 Å². The number of carboxylic acid groups (broad SMARTS) is 1. The van der Waals surface area contributed by atoms with Crippen molar-refractivity contribution in [3.05, 3.63) is 0 Å². The summed E-state index contributed by atoms with van der Waals surface area (Å²) in [6, 6.07) is -0.110. The van der Waals surface area contributed by atoms with Gasteiger partial charge in [-0.3, -0.25) is 0 Å². The van der Waals surface area contributed by atoms with Crippen molar-refractivity contribution in [1.82, 2.24) is 5.32 Å². The third kappa shape index (κ3) is 4.75. The van der Waals surface area contributed by atoms with Crippen molar-refractivity contribution in [3.8, 4) is 0 Å². The maximum Gasteiger partial charge on any atom is 0.404 e. The minimum Gasteiger partial charge on any atom is -0.465 e. The monoisotopic (exact) mass is 303 g/mol. The molecule has 1 saturated carbocycles. The molecule has 0 aliphatic heterocycles. The predicted molar refractivity (Wildman–Crippen MR) is 81.4 cm³/mol. The Bertz CT molecular complexity index is 341. The lowest BCUT2D eigenvalue weighted by Gasteiger charge is -2.40. The molecule has 0 saturated heterocycles. The molecule has 1 rings (SSSR count). The van der Waals surface area contributed by atoms with Gasteiger partial charge in [0.25, 0.3) is 0 Å². The number of amides is 1. The molecule has 3 atom stereocenters. The highest BCUT2D eigenvalue weighted by molar-refractivity contribution is 6.74. The first-order chi connectivity index (χ1) is 9.03. The fourth-order valence-corrected chi connectivity index (χ4v) is 3.37. The molecule has 1 aliphatic carbocycles. The number of hydrogen-bond donors (Lipinski definition) is 3. The number of nitrogens with one attached hydrogen (secondary N) is 1. The van der Waals surface area contributed by atoms with Crippen LogP contribution in [0.4, 0.5) is 4.79 Å². The minimum atomic E-state index is -1.84. The van der Waals surface area contributed by atoms with Gasteiger partial charge in [0.05, 0.1) is 6.10 Å². The summed E-state index contributed by atoms with van der Waals surface area (Å²) in [5.41, 5.74) is 0. The molecule has 0 bridgehead atoms. The van der Waals surface area contributed by atoms with Crippen LogP contribution in [0.3, 0.4) is 0 Å². The van der Waals surface area contributed by atoms with Crippen LogP contribution in [0.1, 0.15) is 40.0 Å². The third-order valence-electron chi connectivity index (χ3n) is 4.73. The molecule has 118 valence electrons. The summed E-state index contributed by atoms with van der Waals surface area (Å²) in [4.78, 5) is 10.8. The van der Waals surface area contributed by atoms with E-state index in [1.807, 2.05) is 0 Å². The molecule has 0 unspecified atom stereocenters. The second-order valence-corrected chi connectivity index (χ2v) is 12.2. The quantitative estimate of drug-likeness (QED) is 0.698. The normalized spacial score (nSPS) is 28.2. The van der Waals surface area contributed by atoms with E-state index in [1.54, 1.807) is 0 Å². The van der Waals surface area contributed by atoms with Crippen LogP contribution < -0.4 is 5.32 Å². The Morgan fingerprint density at radius 2 is 1.95 bits per heavy atom. The second kappa shape index (κ2) is 6.45. The van der Waals surface area contributed by atoms with Crippen LogP contribution in [0.25, 0.3) is 0 Å². The predicted octanol–water partition coefficient (Wildman–Crippen LogP) is 2.81. The van der Waals surface area contributed by atoms with Gasteiger partial charge >= 0.3 is 6.09 Å². The Balaban J connectivity index is 2.63. The van der Waals surface area contributed by atoms with Crippen LogP contribution in [0.5, 0.6) is 0 Å². The van der Waals surface area contributed by atoms with Crippen LogP contribution in [0.15, 0.2) is 0 Å². The zero-order valence-corrected chi connectivity index (χ0v) is 14.3.